The summed E-state index contributed by atoms with van der Waals surface area (Å²) in [6.45, 7) is 2.93. The Morgan fingerprint density at radius 1 is 1.10 bits per heavy atom. The molecule has 0 atom stereocenters. The Bertz CT molecular complexity index is 958. The van der Waals surface area contributed by atoms with Gasteiger partial charge in [-0.1, -0.05) is 30.3 Å². The number of carbonyl (C=O) groups excluding carboxylic acids is 1. The Morgan fingerprint density at radius 3 is 2.38 bits per heavy atom. The number of halogens is 3. The van der Waals surface area contributed by atoms with Crippen molar-refractivity contribution in [1.82, 2.24) is 4.72 Å². The summed E-state index contributed by atoms with van der Waals surface area (Å²) in [5.74, 6) is -1.34. The zero-order valence-electron chi connectivity index (χ0n) is 15.2. The Kier molecular flexibility index (Phi) is 7.40. The summed E-state index contributed by atoms with van der Waals surface area (Å²) in [5, 5.41) is 2.47. The molecule has 1 amide bonds. The van der Waals surface area contributed by atoms with Crippen LogP contribution in [0.15, 0.2) is 61.2 Å². The predicted molar refractivity (Wildman–Crippen MR) is 103 cm³/mol. The normalized spacial score (nSPS) is 11.7. The minimum atomic E-state index is -4.59. The fourth-order valence-electron chi connectivity index (χ4n) is 2.31. The first kappa shape index (κ1) is 22.4. The number of carbonyl (C=O) groups is 1. The molecule has 29 heavy (non-hydrogen) atoms. The van der Waals surface area contributed by atoms with E-state index in [1.807, 2.05) is 0 Å². The van der Waals surface area contributed by atoms with Gasteiger partial charge in [-0.05, 0) is 29.8 Å². The van der Waals surface area contributed by atoms with Crippen LogP contribution in [-0.2, 0) is 26.7 Å². The molecule has 0 heterocycles. The van der Waals surface area contributed by atoms with Crippen molar-refractivity contribution in [2.45, 2.75) is 11.9 Å². The molecule has 0 saturated carbocycles. The molecule has 2 aromatic rings. The van der Waals surface area contributed by atoms with Crippen LogP contribution >= 0.6 is 0 Å². The van der Waals surface area contributed by atoms with Crippen molar-refractivity contribution in [3.8, 4) is 5.75 Å². The summed E-state index contributed by atoms with van der Waals surface area (Å²) in [6.07, 6.45) is -3.17. The van der Waals surface area contributed by atoms with Gasteiger partial charge in [0.05, 0.1) is 11.3 Å². The molecule has 0 bridgehead atoms. The molecular formula is C19H19F3N2O4S. The maximum atomic E-state index is 12.9. The average molecular weight is 428 g/mol. The number of hydrogen-bond donors (Lipinski definition) is 2. The van der Waals surface area contributed by atoms with E-state index >= 15 is 0 Å². The first-order valence-corrected chi connectivity index (χ1v) is 10.0. The predicted octanol–water partition coefficient (Wildman–Crippen LogP) is 3.33. The minimum Gasteiger partial charge on any atom is -0.483 e. The number of para-hydroxylation sites is 1. The van der Waals surface area contributed by atoms with E-state index in [0.29, 0.717) is 11.3 Å². The van der Waals surface area contributed by atoms with Gasteiger partial charge in [0, 0.05) is 12.2 Å². The van der Waals surface area contributed by atoms with Gasteiger partial charge in [-0.2, -0.15) is 13.2 Å². The molecule has 6 nitrogen and oxygen atoms in total. The van der Waals surface area contributed by atoms with Crippen LogP contribution in [0, 0.1) is 0 Å². The van der Waals surface area contributed by atoms with Crippen molar-refractivity contribution in [2.24, 2.45) is 0 Å². The van der Waals surface area contributed by atoms with E-state index in [1.165, 1.54) is 42.5 Å². The standard InChI is InChI=1S/C19H19F3N2O4S/c1-2-11-23-29(26,27)13-14-7-9-15(10-8-14)24-18(25)12-28-17-6-4-3-5-16(17)19(20,21)22/h2-10,23H,1,11-13H2,(H,24,25). The third-order valence-corrected chi connectivity index (χ3v) is 4.91. The molecule has 0 saturated heterocycles. The van der Waals surface area contributed by atoms with Crippen LogP contribution in [-0.4, -0.2) is 27.5 Å². The van der Waals surface area contributed by atoms with Gasteiger partial charge in [-0.3, -0.25) is 4.79 Å². The van der Waals surface area contributed by atoms with E-state index in [9.17, 15) is 26.4 Å². The summed E-state index contributed by atoms with van der Waals surface area (Å²) >= 11 is 0. The molecule has 0 aliphatic carbocycles. The fraction of sp³-hybridized carbons (Fsp3) is 0.211. The number of rotatable bonds is 9. The van der Waals surface area contributed by atoms with Crippen molar-refractivity contribution >= 4 is 21.6 Å². The van der Waals surface area contributed by atoms with Gasteiger partial charge in [-0.25, -0.2) is 13.1 Å². The van der Waals surface area contributed by atoms with E-state index in [2.05, 4.69) is 16.6 Å². The van der Waals surface area contributed by atoms with Gasteiger partial charge >= 0.3 is 6.18 Å². The van der Waals surface area contributed by atoms with Crippen molar-refractivity contribution in [3.05, 3.63) is 72.3 Å². The van der Waals surface area contributed by atoms with Gasteiger partial charge in [0.2, 0.25) is 10.0 Å². The third kappa shape index (κ3) is 7.24. The summed E-state index contributed by atoms with van der Waals surface area (Å²) < 4.78 is 69.7. The fourth-order valence-corrected chi connectivity index (χ4v) is 3.41. The van der Waals surface area contributed by atoms with Crippen molar-refractivity contribution < 1.29 is 31.1 Å². The van der Waals surface area contributed by atoms with Gasteiger partial charge in [0.25, 0.3) is 5.91 Å². The Labute approximate surface area is 166 Å². The maximum Gasteiger partial charge on any atom is 0.419 e. The highest BCUT2D eigenvalue weighted by Crippen LogP contribution is 2.35. The van der Waals surface area contributed by atoms with Gasteiger partial charge in [0.1, 0.15) is 5.75 Å². The SMILES string of the molecule is C=CCNS(=O)(=O)Cc1ccc(NC(=O)COc2ccccc2C(F)(F)F)cc1. The summed E-state index contributed by atoms with van der Waals surface area (Å²) in [7, 11) is -3.51. The summed E-state index contributed by atoms with van der Waals surface area (Å²) in [6, 6.07) is 10.6. The van der Waals surface area contributed by atoms with Crippen LogP contribution in [0.3, 0.4) is 0 Å². The smallest absolute Gasteiger partial charge is 0.419 e. The lowest BCUT2D eigenvalue weighted by molar-refractivity contribution is -0.139. The maximum absolute atomic E-state index is 12.9. The molecule has 10 heteroatoms. The second kappa shape index (κ2) is 9.57. The zero-order chi connectivity index (χ0) is 21.5. The number of anilines is 1. The molecule has 2 N–H and O–H groups in total. The third-order valence-electron chi connectivity index (χ3n) is 3.59. The van der Waals surface area contributed by atoms with E-state index in [4.69, 9.17) is 4.74 Å². The number of amides is 1. The molecule has 0 spiro atoms. The van der Waals surface area contributed by atoms with Gasteiger partial charge in [0.15, 0.2) is 6.61 Å². The Hall–Kier alpha value is -2.85. The minimum absolute atomic E-state index is 0.119. The van der Waals surface area contributed by atoms with Crippen LogP contribution in [0.5, 0.6) is 5.75 Å². The van der Waals surface area contributed by atoms with Gasteiger partial charge < -0.3 is 10.1 Å². The number of hydrogen-bond acceptors (Lipinski definition) is 4. The summed E-state index contributed by atoms with van der Waals surface area (Å²) in [5.41, 5.74) is -0.124. The summed E-state index contributed by atoms with van der Waals surface area (Å²) in [4.78, 5) is 11.9. The Balaban J connectivity index is 1.93. The second-order valence-corrected chi connectivity index (χ2v) is 7.73. The molecule has 0 aliphatic heterocycles. The lowest BCUT2D eigenvalue weighted by Crippen LogP contribution is -2.25. The highest BCUT2D eigenvalue weighted by Gasteiger charge is 2.34. The first-order chi connectivity index (χ1) is 13.6. The first-order valence-electron chi connectivity index (χ1n) is 8.37. The quantitative estimate of drug-likeness (QED) is 0.600. The molecule has 0 aromatic heterocycles. The van der Waals surface area contributed by atoms with Crippen LogP contribution in [0.4, 0.5) is 18.9 Å². The number of sulfonamides is 1. The number of alkyl halides is 3. The lowest BCUT2D eigenvalue weighted by atomic mass is 10.2. The monoisotopic (exact) mass is 428 g/mol. The highest BCUT2D eigenvalue weighted by molar-refractivity contribution is 7.88. The molecule has 0 radical (unpaired) electrons. The number of nitrogens with one attached hydrogen (secondary N) is 2. The average Bonchev–Trinajstić information content (AvgIpc) is 2.66. The molecule has 2 rings (SSSR count). The van der Waals surface area contributed by atoms with E-state index in [-0.39, 0.29) is 12.3 Å². The van der Waals surface area contributed by atoms with Crippen LogP contribution in [0.1, 0.15) is 11.1 Å². The lowest BCUT2D eigenvalue weighted by Gasteiger charge is -2.13. The van der Waals surface area contributed by atoms with Crippen molar-refractivity contribution in [2.75, 3.05) is 18.5 Å². The van der Waals surface area contributed by atoms with Crippen molar-refractivity contribution in [3.63, 3.8) is 0 Å². The molecule has 0 unspecified atom stereocenters. The highest BCUT2D eigenvalue weighted by atomic mass is 32.2. The number of benzene rings is 2. The molecule has 156 valence electrons. The van der Waals surface area contributed by atoms with E-state index < -0.39 is 40.0 Å². The zero-order valence-corrected chi connectivity index (χ0v) is 16.0. The molecule has 0 fully saturated rings. The van der Waals surface area contributed by atoms with Crippen LogP contribution in [0.25, 0.3) is 0 Å². The van der Waals surface area contributed by atoms with Crippen LogP contribution in [0.2, 0.25) is 0 Å². The molecular weight excluding hydrogens is 409 g/mol. The molecule has 0 aliphatic rings. The Morgan fingerprint density at radius 2 is 1.76 bits per heavy atom. The van der Waals surface area contributed by atoms with E-state index in [1.54, 1.807) is 0 Å². The van der Waals surface area contributed by atoms with Crippen LogP contribution < -0.4 is 14.8 Å². The van der Waals surface area contributed by atoms with Gasteiger partial charge in [-0.15, -0.1) is 6.58 Å². The van der Waals surface area contributed by atoms with Crippen molar-refractivity contribution in [1.29, 1.82) is 0 Å². The number of ether oxygens (including phenoxy) is 1. The second-order valence-electron chi connectivity index (χ2n) is 5.92. The largest absolute Gasteiger partial charge is 0.483 e. The topological polar surface area (TPSA) is 84.5 Å². The molecule has 2 aromatic carbocycles. The van der Waals surface area contributed by atoms with E-state index in [0.717, 1.165) is 12.1 Å².